The van der Waals surface area contributed by atoms with Gasteiger partial charge in [-0.25, -0.2) is 4.98 Å². The van der Waals surface area contributed by atoms with Crippen molar-refractivity contribution in [2.24, 2.45) is 5.41 Å². The van der Waals surface area contributed by atoms with Gasteiger partial charge in [0, 0.05) is 13.1 Å². The van der Waals surface area contributed by atoms with E-state index in [-0.39, 0.29) is 16.5 Å². The summed E-state index contributed by atoms with van der Waals surface area (Å²) in [4.78, 5) is 21.9. The lowest BCUT2D eigenvalue weighted by molar-refractivity contribution is 0.0758. The Hall–Kier alpha value is -1.42. The number of carbonyl (C=O) groups excluding carboxylic acids is 1. The summed E-state index contributed by atoms with van der Waals surface area (Å²) in [6, 6.07) is 0. The number of hydrogen-bond donors (Lipinski definition) is 0. The zero-order valence-corrected chi connectivity index (χ0v) is 12.2. The first-order valence-corrected chi connectivity index (χ1v) is 6.72. The summed E-state index contributed by atoms with van der Waals surface area (Å²) in [5.74, 6) is -0.112. The molecule has 5 heteroatoms. The maximum Gasteiger partial charge on any atom is 0.274 e. The van der Waals surface area contributed by atoms with Crippen molar-refractivity contribution in [3.05, 3.63) is 34.9 Å². The van der Waals surface area contributed by atoms with Crippen molar-refractivity contribution in [3.8, 4) is 0 Å². The Balaban J connectivity index is 2.10. The van der Waals surface area contributed by atoms with E-state index in [0.717, 1.165) is 13.0 Å². The summed E-state index contributed by atoms with van der Waals surface area (Å²) in [7, 11) is 0. The second kappa shape index (κ2) is 5.29. The minimum atomic E-state index is -0.112. The molecule has 19 heavy (non-hydrogen) atoms. The molecule has 2 heterocycles. The average Bonchev–Trinajstić information content (AvgIpc) is 2.37. The normalized spacial score (nSPS) is 16.2. The predicted octanol–water partition coefficient (Wildman–Crippen LogP) is 2.95. The van der Waals surface area contributed by atoms with Gasteiger partial charge in [-0.05, 0) is 11.8 Å². The molecular formula is C14H18ClN3O. The first kappa shape index (κ1) is 14.0. The van der Waals surface area contributed by atoms with Gasteiger partial charge in [0.2, 0.25) is 0 Å². The van der Waals surface area contributed by atoms with Gasteiger partial charge in [-0.2, -0.15) is 0 Å². The molecule has 0 fully saturated rings. The Kier molecular flexibility index (Phi) is 3.90. The lowest BCUT2D eigenvalue weighted by Crippen LogP contribution is -2.36. The van der Waals surface area contributed by atoms with Crippen LogP contribution in [0.5, 0.6) is 0 Å². The van der Waals surface area contributed by atoms with Crippen LogP contribution in [0.25, 0.3) is 0 Å². The standard InChI is InChI=1S/C14H18ClN3O/c1-14(2,3)10-4-6-18(7-5-10)13(19)11-8-16-9-12(15)17-11/h4,8-9H,5-7H2,1-3H3. The van der Waals surface area contributed by atoms with E-state index in [4.69, 9.17) is 11.6 Å². The molecule has 0 spiro atoms. The van der Waals surface area contributed by atoms with E-state index in [1.165, 1.54) is 18.0 Å². The van der Waals surface area contributed by atoms with E-state index in [1.807, 2.05) is 0 Å². The number of halogens is 1. The molecule has 0 bridgehead atoms. The van der Waals surface area contributed by atoms with Crippen molar-refractivity contribution in [3.63, 3.8) is 0 Å². The largest absolute Gasteiger partial charge is 0.333 e. The molecule has 2 rings (SSSR count). The van der Waals surface area contributed by atoms with E-state index in [0.29, 0.717) is 12.2 Å². The van der Waals surface area contributed by atoms with Crippen LogP contribution in [-0.2, 0) is 0 Å². The highest BCUT2D eigenvalue weighted by molar-refractivity contribution is 6.29. The average molecular weight is 280 g/mol. The molecule has 0 aliphatic carbocycles. The summed E-state index contributed by atoms with van der Waals surface area (Å²) < 4.78 is 0. The van der Waals surface area contributed by atoms with E-state index < -0.39 is 0 Å². The minimum absolute atomic E-state index is 0.112. The van der Waals surface area contributed by atoms with Gasteiger partial charge in [-0.3, -0.25) is 9.78 Å². The minimum Gasteiger partial charge on any atom is -0.333 e. The highest BCUT2D eigenvalue weighted by atomic mass is 35.5. The van der Waals surface area contributed by atoms with Crippen molar-refractivity contribution < 1.29 is 4.79 Å². The second-order valence-corrected chi connectivity index (χ2v) is 6.09. The van der Waals surface area contributed by atoms with E-state index in [2.05, 4.69) is 36.8 Å². The number of amides is 1. The van der Waals surface area contributed by atoms with Gasteiger partial charge in [0.15, 0.2) is 0 Å². The van der Waals surface area contributed by atoms with Crippen molar-refractivity contribution in [2.75, 3.05) is 13.1 Å². The Labute approximate surface area is 118 Å². The molecule has 1 amide bonds. The molecule has 0 unspecified atom stereocenters. The zero-order chi connectivity index (χ0) is 14.0. The molecule has 0 atom stereocenters. The van der Waals surface area contributed by atoms with Gasteiger partial charge >= 0.3 is 0 Å². The molecule has 102 valence electrons. The quantitative estimate of drug-likeness (QED) is 0.743. The van der Waals surface area contributed by atoms with Crippen molar-refractivity contribution in [2.45, 2.75) is 27.2 Å². The smallest absolute Gasteiger partial charge is 0.274 e. The molecule has 1 aliphatic heterocycles. The third-order valence-electron chi connectivity index (χ3n) is 3.28. The first-order valence-electron chi connectivity index (χ1n) is 6.34. The summed E-state index contributed by atoms with van der Waals surface area (Å²) in [5.41, 5.74) is 1.87. The fourth-order valence-electron chi connectivity index (χ4n) is 2.14. The molecule has 0 saturated heterocycles. The topological polar surface area (TPSA) is 46.1 Å². The number of rotatable bonds is 1. The monoisotopic (exact) mass is 279 g/mol. The van der Waals surface area contributed by atoms with Crippen LogP contribution in [-0.4, -0.2) is 33.9 Å². The molecule has 0 N–H and O–H groups in total. The van der Waals surface area contributed by atoms with Gasteiger partial charge in [0.25, 0.3) is 5.91 Å². The molecule has 0 aromatic carbocycles. The van der Waals surface area contributed by atoms with Crippen LogP contribution in [0, 0.1) is 5.41 Å². The zero-order valence-electron chi connectivity index (χ0n) is 11.5. The van der Waals surface area contributed by atoms with Gasteiger partial charge in [0.1, 0.15) is 10.8 Å². The summed E-state index contributed by atoms with van der Waals surface area (Å²) >= 11 is 5.75. The maximum absolute atomic E-state index is 12.2. The molecule has 4 nitrogen and oxygen atoms in total. The summed E-state index contributed by atoms with van der Waals surface area (Å²) in [6.07, 6.45) is 5.92. The van der Waals surface area contributed by atoms with Crippen LogP contribution < -0.4 is 0 Å². The van der Waals surface area contributed by atoms with Crippen molar-refractivity contribution in [1.29, 1.82) is 0 Å². The molecule has 0 radical (unpaired) electrons. The SMILES string of the molecule is CC(C)(C)C1=CCN(C(=O)c2cncc(Cl)n2)CC1. The Bertz CT molecular complexity index is 520. The molecule has 0 saturated carbocycles. The van der Waals surface area contributed by atoms with Crippen molar-refractivity contribution in [1.82, 2.24) is 14.9 Å². The predicted molar refractivity (Wildman–Crippen MR) is 75.1 cm³/mol. The van der Waals surface area contributed by atoms with Gasteiger partial charge < -0.3 is 4.90 Å². The van der Waals surface area contributed by atoms with Crippen molar-refractivity contribution >= 4 is 17.5 Å². The van der Waals surface area contributed by atoms with Gasteiger partial charge in [0.05, 0.1) is 12.4 Å². The number of carbonyl (C=O) groups is 1. The third kappa shape index (κ3) is 3.32. The number of nitrogens with zero attached hydrogens (tertiary/aromatic N) is 3. The van der Waals surface area contributed by atoms with Crippen LogP contribution in [0.1, 0.15) is 37.7 Å². The van der Waals surface area contributed by atoms with Crippen LogP contribution >= 0.6 is 11.6 Å². The lowest BCUT2D eigenvalue weighted by Gasteiger charge is -2.32. The lowest BCUT2D eigenvalue weighted by atomic mass is 9.83. The molecule has 1 aliphatic rings. The Morgan fingerprint density at radius 1 is 1.37 bits per heavy atom. The number of hydrogen-bond acceptors (Lipinski definition) is 3. The third-order valence-corrected chi connectivity index (χ3v) is 3.47. The Morgan fingerprint density at radius 3 is 2.63 bits per heavy atom. The van der Waals surface area contributed by atoms with Crippen LogP contribution in [0.15, 0.2) is 24.0 Å². The second-order valence-electron chi connectivity index (χ2n) is 5.71. The van der Waals surface area contributed by atoms with Gasteiger partial charge in [-0.15, -0.1) is 0 Å². The number of aromatic nitrogens is 2. The first-order chi connectivity index (χ1) is 8.88. The Morgan fingerprint density at radius 2 is 2.11 bits per heavy atom. The van der Waals surface area contributed by atoms with Crippen LogP contribution in [0.2, 0.25) is 5.15 Å². The molecule has 1 aromatic heterocycles. The summed E-state index contributed by atoms with van der Waals surface area (Å²) in [5, 5.41) is 0.244. The fraction of sp³-hybridized carbons (Fsp3) is 0.500. The highest BCUT2D eigenvalue weighted by Crippen LogP contribution is 2.30. The molecule has 1 aromatic rings. The summed E-state index contributed by atoms with van der Waals surface area (Å²) in [6.45, 7) is 7.92. The van der Waals surface area contributed by atoms with E-state index in [9.17, 15) is 4.79 Å². The highest BCUT2D eigenvalue weighted by Gasteiger charge is 2.24. The van der Waals surface area contributed by atoms with E-state index in [1.54, 1.807) is 4.90 Å². The van der Waals surface area contributed by atoms with Crippen LogP contribution in [0.4, 0.5) is 0 Å². The maximum atomic E-state index is 12.2. The van der Waals surface area contributed by atoms with E-state index >= 15 is 0 Å². The fourth-order valence-corrected chi connectivity index (χ4v) is 2.29. The van der Waals surface area contributed by atoms with Gasteiger partial charge in [-0.1, -0.05) is 44.0 Å². The molecular weight excluding hydrogens is 262 g/mol. The van der Waals surface area contributed by atoms with Crippen LogP contribution in [0.3, 0.4) is 0 Å².